The minimum Gasteiger partial charge on any atom is -0.378 e. The maximum absolute atomic E-state index is 14.2. The van der Waals surface area contributed by atoms with E-state index in [0.29, 0.717) is 23.0 Å². The highest BCUT2D eigenvalue weighted by Crippen LogP contribution is 2.37. The summed E-state index contributed by atoms with van der Waals surface area (Å²) in [6, 6.07) is 3.29. The Hall–Kier alpha value is -1.66. The number of likely N-dealkylation sites (N-methyl/N-ethyl adjacent to an activating group) is 1. The van der Waals surface area contributed by atoms with Crippen LogP contribution in [-0.2, 0) is 4.79 Å². The third-order valence-electron chi connectivity index (χ3n) is 4.15. The van der Waals surface area contributed by atoms with E-state index in [4.69, 9.17) is 0 Å². The molecule has 0 aromatic heterocycles. The van der Waals surface area contributed by atoms with Crippen LogP contribution in [0, 0.1) is 5.82 Å². The minimum atomic E-state index is -1.26. The van der Waals surface area contributed by atoms with Crippen LogP contribution in [0.3, 0.4) is 0 Å². The second-order valence-electron chi connectivity index (χ2n) is 5.63. The van der Waals surface area contributed by atoms with Gasteiger partial charge in [0, 0.05) is 30.4 Å². The molecule has 6 heteroatoms. The number of carbonyl (C=O) groups is 1. The Kier molecular flexibility index (Phi) is 3.14. The van der Waals surface area contributed by atoms with Crippen LogP contribution in [0.25, 0.3) is 0 Å². The number of aliphatic hydroxyl groups is 1. The van der Waals surface area contributed by atoms with Gasteiger partial charge in [-0.05, 0) is 32.6 Å². The van der Waals surface area contributed by atoms with Gasteiger partial charge in [-0.25, -0.2) is 4.39 Å². The monoisotopic (exact) mass is 279 g/mol. The van der Waals surface area contributed by atoms with Gasteiger partial charge in [-0.15, -0.1) is 0 Å². The van der Waals surface area contributed by atoms with E-state index in [1.54, 1.807) is 6.07 Å². The zero-order valence-corrected chi connectivity index (χ0v) is 11.6. The fourth-order valence-electron chi connectivity index (χ4n) is 2.88. The van der Waals surface area contributed by atoms with E-state index < -0.39 is 17.8 Å². The Balaban J connectivity index is 1.89. The average molecular weight is 279 g/mol. The molecule has 0 spiro atoms. The summed E-state index contributed by atoms with van der Waals surface area (Å²) in [6.07, 6.45) is -0.278. The summed E-state index contributed by atoms with van der Waals surface area (Å²) in [4.78, 5) is 15.5. The molecule has 20 heavy (non-hydrogen) atoms. The van der Waals surface area contributed by atoms with Gasteiger partial charge < -0.3 is 20.2 Å². The summed E-state index contributed by atoms with van der Waals surface area (Å²) >= 11 is 0. The Morgan fingerprint density at radius 1 is 1.45 bits per heavy atom. The second kappa shape index (κ2) is 4.71. The number of carbonyl (C=O) groups excluding carboxylic acids is 1. The summed E-state index contributed by atoms with van der Waals surface area (Å²) in [5.74, 6) is -0.886. The summed E-state index contributed by atoms with van der Waals surface area (Å²) in [6.45, 7) is 1.55. The van der Waals surface area contributed by atoms with E-state index in [9.17, 15) is 14.3 Å². The molecule has 1 fully saturated rings. The van der Waals surface area contributed by atoms with E-state index in [0.717, 1.165) is 19.5 Å². The standard InChI is InChI=1S/C14H18FN3O2/c1-17(2)8-3-4-18(7-8)12-6-11-9(5-10(12)15)13(19)14(20)16-11/h5-6,8,13,19H,3-4,7H2,1-2H3,(H,16,20). The highest BCUT2D eigenvalue weighted by atomic mass is 19.1. The third kappa shape index (κ3) is 2.05. The number of halogens is 1. The van der Waals surface area contributed by atoms with Crippen LogP contribution in [0.1, 0.15) is 18.1 Å². The number of hydrogen-bond donors (Lipinski definition) is 2. The number of fused-ring (bicyclic) bond motifs is 1. The summed E-state index contributed by atoms with van der Waals surface area (Å²) in [5.41, 5.74) is 1.31. The molecule has 0 saturated carbocycles. The van der Waals surface area contributed by atoms with E-state index in [1.165, 1.54) is 6.07 Å². The molecule has 0 bridgehead atoms. The normalized spacial score (nSPS) is 25.2. The van der Waals surface area contributed by atoms with E-state index in [1.807, 2.05) is 19.0 Å². The van der Waals surface area contributed by atoms with Crippen molar-refractivity contribution >= 4 is 17.3 Å². The number of aliphatic hydroxyl groups excluding tert-OH is 1. The SMILES string of the molecule is CN(C)C1CCN(c2cc3c(cc2F)C(O)C(=O)N3)C1. The zero-order valence-electron chi connectivity index (χ0n) is 11.6. The molecule has 1 saturated heterocycles. The van der Waals surface area contributed by atoms with Crippen molar-refractivity contribution < 1.29 is 14.3 Å². The molecule has 5 nitrogen and oxygen atoms in total. The fourth-order valence-corrected chi connectivity index (χ4v) is 2.88. The maximum Gasteiger partial charge on any atom is 0.257 e. The first-order chi connectivity index (χ1) is 9.47. The first kappa shape index (κ1) is 13.3. The molecule has 2 atom stereocenters. The van der Waals surface area contributed by atoms with E-state index in [-0.39, 0.29) is 0 Å². The van der Waals surface area contributed by atoms with Gasteiger partial charge in [-0.3, -0.25) is 4.79 Å². The van der Waals surface area contributed by atoms with Crippen molar-refractivity contribution in [2.45, 2.75) is 18.6 Å². The van der Waals surface area contributed by atoms with Crippen molar-refractivity contribution in [3.05, 3.63) is 23.5 Å². The van der Waals surface area contributed by atoms with Gasteiger partial charge in [0.15, 0.2) is 6.10 Å². The number of rotatable bonds is 2. The van der Waals surface area contributed by atoms with Crippen LogP contribution in [0.2, 0.25) is 0 Å². The minimum absolute atomic E-state index is 0.319. The molecule has 2 heterocycles. The first-order valence-electron chi connectivity index (χ1n) is 6.71. The molecule has 2 aliphatic rings. The number of anilines is 2. The Morgan fingerprint density at radius 3 is 2.85 bits per heavy atom. The van der Waals surface area contributed by atoms with Crippen molar-refractivity contribution in [2.75, 3.05) is 37.4 Å². The molecule has 0 radical (unpaired) electrons. The molecule has 2 aliphatic heterocycles. The number of nitrogens with zero attached hydrogens (tertiary/aromatic N) is 2. The summed E-state index contributed by atoms with van der Waals surface area (Å²) < 4.78 is 14.2. The van der Waals surface area contributed by atoms with Crippen LogP contribution in [0.4, 0.5) is 15.8 Å². The highest BCUT2D eigenvalue weighted by molar-refractivity contribution is 6.02. The molecule has 1 aromatic carbocycles. The number of amides is 1. The molecule has 2 unspecified atom stereocenters. The van der Waals surface area contributed by atoms with Crippen molar-refractivity contribution in [1.82, 2.24) is 4.90 Å². The lowest BCUT2D eigenvalue weighted by Gasteiger charge is -2.22. The van der Waals surface area contributed by atoms with Gasteiger partial charge in [-0.1, -0.05) is 0 Å². The summed E-state index contributed by atoms with van der Waals surface area (Å²) in [7, 11) is 4.04. The highest BCUT2D eigenvalue weighted by Gasteiger charge is 2.32. The van der Waals surface area contributed by atoms with E-state index >= 15 is 0 Å². The van der Waals surface area contributed by atoms with E-state index in [2.05, 4.69) is 10.2 Å². The number of nitrogens with one attached hydrogen (secondary N) is 1. The molecule has 108 valence electrons. The zero-order chi connectivity index (χ0) is 14.4. The van der Waals surface area contributed by atoms with Gasteiger partial charge in [0.05, 0.1) is 5.69 Å². The lowest BCUT2D eigenvalue weighted by molar-refractivity contribution is -0.123. The Morgan fingerprint density at radius 2 is 2.20 bits per heavy atom. The Labute approximate surface area is 117 Å². The number of benzene rings is 1. The van der Waals surface area contributed by atoms with Crippen molar-refractivity contribution in [3.63, 3.8) is 0 Å². The lowest BCUT2D eigenvalue weighted by atomic mass is 10.1. The van der Waals surface area contributed by atoms with Gasteiger partial charge in [0.1, 0.15) is 5.82 Å². The van der Waals surface area contributed by atoms with Crippen molar-refractivity contribution in [3.8, 4) is 0 Å². The smallest absolute Gasteiger partial charge is 0.257 e. The van der Waals surface area contributed by atoms with Crippen LogP contribution < -0.4 is 10.2 Å². The molecular weight excluding hydrogens is 261 g/mol. The van der Waals surface area contributed by atoms with Gasteiger partial charge in [0.2, 0.25) is 0 Å². The van der Waals surface area contributed by atoms with Crippen LogP contribution in [0.15, 0.2) is 12.1 Å². The average Bonchev–Trinajstić information content (AvgIpc) is 2.97. The molecule has 3 rings (SSSR count). The quantitative estimate of drug-likeness (QED) is 0.846. The lowest BCUT2D eigenvalue weighted by Crippen LogP contribution is -2.31. The maximum atomic E-state index is 14.2. The predicted octanol–water partition coefficient (Wildman–Crippen LogP) is 0.952. The van der Waals surface area contributed by atoms with Crippen molar-refractivity contribution in [2.24, 2.45) is 0 Å². The fraction of sp³-hybridized carbons (Fsp3) is 0.500. The third-order valence-corrected chi connectivity index (χ3v) is 4.15. The second-order valence-corrected chi connectivity index (χ2v) is 5.63. The topological polar surface area (TPSA) is 55.8 Å². The Bertz CT molecular complexity index is 562. The van der Waals surface area contributed by atoms with Crippen LogP contribution >= 0.6 is 0 Å². The first-order valence-corrected chi connectivity index (χ1v) is 6.71. The molecule has 2 N–H and O–H groups in total. The van der Waals surface area contributed by atoms with Crippen molar-refractivity contribution in [1.29, 1.82) is 0 Å². The van der Waals surface area contributed by atoms with Gasteiger partial charge in [-0.2, -0.15) is 0 Å². The largest absolute Gasteiger partial charge is 0.378 e. The van der Waals surface area contributed by atoms with Gasteiger partial charge >= 0.3 is 0 Å². The molecular formula is C14H18FN3O2. The van der Waals surface area contributed by atoms with Crippen LogP contribution in [-0.4, -0.2) is 49.1 Å². The summed E-state index contributed by atoms with van der Waals surface area (Å²) in [5, 5.41) is 12.2. The predicted molar refractivity (Wildman–Crippen MR) is 74.3 cm³/mol. The van der Waals surface area contributed by atoms with Gasteiger partial charge in [0.25, 0.3) is 5.91 Å². The van der Waals surface area contributed by atoms with Crippen LogP contribution in [0.5, 0.6) is 0 Å². The molecule has 0 aliphatic carbocycles. The molecule has 1 aromatic rings. The number of hydrogen-bond acceptors (Lipinski definition) is 4. The molecule has 1 amide bonds.